The van der Waals surface area contributed by atoms with Crippen LogP contribution in [0.25, 0.3) is 0 Å². The molecule has 1 aromatic carbocycles. The van der Waals surface area contributed by atoms with Gasteiger partial charge in [-0.2, -0.15) is 0 Å². The number of amides is 1. The number of carbonyl (C=O) groups excluding carboxylic acids is 1. The number of aryl methyl sites for hydroxylation is 1. The molecule has 1 fully saturated rings. The van der Waals surface area contributed by atoms with Crippen LogP contribution in [-0.4, -0.2) is 23.6 Å². The maximum absolute atomic E-state index is 12.1. The van der Waals surface area contributed by atoms with Gasteiger partial charge in [0.1, 0.15) is 6.54 Å². The standard InChI is InChI=1S/C18H23N3O2S/c1-14-13-24-18(23)21(14)12-17(22)19-15-6-8-16(9-7-15)20-10-4-2-3-5-11-20/h6-9,13H,2-5,10-12H2,1H3,(H,19,22). The van der Waals surface area contributed by atoms with Crippen LogP contribution in [0.5, 0.6) is 0 Å². The number of hydrogen-bond acceptors (Lipinski definition) is 4. The van der Waals surface area contributed by atoms with Crippen molar-refractivity contribution in [3.05, 3.63) is 45.0 Å². The van der Waals surface area contributed by atoms with Crippen molar-refractivity contribution in [1.82, 2.24) is 4.57 Å². The Hall–Kier alpha value is -2.08. The molecule has 0 saturated carbocycles. The molecule has 24 heavy (non-hydrogen) atoms. The second-order valence-corrected chi connectivity index (χ2v) is 7.05. The van der Waals surface area contributed by atoms with Crippen molar-refractivity contribution in [1.29, 1.82) is 0 Å². The summed E-state index contributed by atoms with van der Waals surface area (Å²) in [7, 11) is 0. The van der Waals surface area contributed by atoms with Crippen LogP contribution < -0.4 is 15.1 Å². The summed E-state index contributed by atoms with van der Waals surface area (Å²) in [5.74, 6) is -0.180. The van der Waals surface area contributed by atoms with Crippen molar-refractivity contribution in [3.8, 4) is 0 Å². The Morgan fingerprint density at radius 3 is 2.38 bits per heavy atom. The van der Waals surface area contributed by atoms with Crippen LogP contribution in [0, 0.1) is 6.92 Å². The first-order valence-corrected chi connectivity index (χ1v) is 9.31. The van der Waals surface area contributed by atoms with Crippen LogP contribution in [-0.2, 0) is 11.3 Å². The number of nitrogens with zero attached hydrogens (tertiary/aromatic N) is 2. The minimum Gasteiger partial charge on any atom is -0.372 e. The van der Waals surface area contributed by atoms with Gasteiger partial charge in [-0.1, -0.05) is 24.2 Å². The van der Waals surface area contributed by atoms with Crippen molar-refractivity contribution < 1.29 is 4.79 Å². The van der Waals surface area contributed by atoms with Gasteiger partial charge in [0.05, 0.1) is 0 Å². The molecule has 1 aliphatic rings. The highest BCUT2D eigenvalue weighted by Crippen LogP contribution is 2.21. The van der Waals surface area contributed by atoms with Crippen LogP contribution in [0.3, 0.4) is 0 Å². The molecule has 5 nitrogen and oxygen atoms in total. The molecule has 1 amide bonds. The lowest BCUT2D eigenvalue weighted by Crippen LogP contribution is -2.25. The Bertz CT molecular complexity index is 740. The van der Waals surface area contributed by atoms with E-state index >= 15 is 0 Å². The van der Waals surface area contributed by atoms with E-state index in [1.54, 1.807) is 5.38 Å². The Kier molecular flexibility index (Phi) is 5.35. The van der Waals surface area contributed by atoms with Crippen molar-refractivity contribution >= 4 is 28.6 Å². The fourth-order valence-corrected chi connectivity index (χ4v) is 3.76. The molecular weight excluding hydrogens is 322 g/mol. The Labute approximate surface area is 145 Å². The van der Waals surface area contributed by atoms with Gasteiger partial charge in [-0.05, 0) is 44.0 Å². The lowest BCUT2D eigenvalue weighted by Gasteiger charge is -2.22. The highest BCUT2D eigenvalue weighted by Gasteiger charge is 2.11. The molecule has 6 heteroatoms. The molecule has 0 spiro atoms. The number of anilines is 2. The average Bonchev–Trinajstić information content (AvgIpc) is 2.80. The largest absolute Gasteiger partial charge is 0.372 e. The monoisotopic (exact) mass is 345 g/mol. The zero-order valence-corrected chi connectivity index (χ0v) is 14.8. The fourth-order valence-electron chi connectivity index (χ4n) is 3.02. The van der Waals surface area contributed by atoms with Gasteiger partial charge in [-0.3, -0.25) is 14.2 Å². The van der Waals surface area contributed by atoms with Gasteiger partial charge in [-0.25, -0.2) is 0 Å². The Morgan fingerprint density at radius 2 is 1.79 bits per heavy atom. The number of nitrogens with one attached hydrogen (secondary N) is 1. The highest BCUT2D eigenvalue weighted by molar-refractivity contribution is 7.07. The van der Waals surface area contributed by atoms with E-state index in [2.05, 4.69) is 22.3 Å². The van der Waals surface area contributed by atoms with Gasteiger partial charge in [0.25, 0.3) is 0 Å². The maximum Gasteiger partial charge on any atom is 0.307 e. The van der Waals surface area contributed by atoms with Crippen molar-refractivity contribution in [2.45, 2.75) is 39.2 Å². The molecule has 1 aliphatic heterocycles. The normalized spacial score (nSPS) is 15.1. The summed E-state index contributed by atoms with van der Waals surface area (Å²) in [6, 6.07) is 7.98. The number of hydrogen-bond donors (Lipinski definition) is 1. The third-order valence-corrected chi connectivity index (χ3v) is 5.28. The van der Waals surface area contributed by atoms with Gasteiger partial charge in [0, 0.05) is 35.5 Å². The molecule has 2 heterocycles. The summed E-state index contributed by atoms with van der Waals surface area (Å²) < 4.78 is 1.49. The molecule has 2 aromatic rings. The third-order valence-electron chi connectivity index (χ3n) is 4.40. The van der Waals surface area contributed by atoms with Crippen LogP contribution in [0.2, 0.25) is 0 Å². The first kappa shape index (κ1) is 16.8. The number of rotatable bonds is 4. The minimum atomic E-state index is -0.180. The zero-order valence-electron chi connectivity index (χ0n) is 14.0. The van der Waals surface area contributed by atoms with Crippen molar-refractivity contribution in [3.63, 3.8) is 0 Å². The number of benzene rings is 1. The molecular formula is C18H23N3O2S. The SMILES string of the molecule is Cc1csc(=O)n1CC(=O)Nc1ccc(N2CCCCCC2)cc1. The quantitative estimate of drug-likeness (QED) is 0.925. The molecule has 0 unspecified atom stereocenters. The molecule has 0 radical (unpaired) electrons. The fraction of sp³-hybridized carbons (Fsp3) is 0.444. The van der Waals surface area contributed by atoms with Crippen molar-refractivity contribution in [2.75, 3.05) is 23.3 Å². The zero-order chi connectivity index (χ0) is 16.9. The first-order valence-electron chi connectivity index (χ1n) is 8.43. The number of thiazole rings is 1. The maximum atomic E-state index is 12.1. The lowest BCUT2D eigenvalue weighted by atomic mass is 10.2. The van der Waals surface area contributed by atoms with Crippen molar-refractivity contribution in [2.24, 2.45) is 0 Å². The van der Waals surface area contributed by atoms with E-state index in [-0.39, 0.29) is 17.3 Å². The molecule has 0 bridgehead atoms. The van der Waals surface area contributed by atoms with Crippen LogP contribution in [0.4, 0.5) is 11.4 Å². The van der Waals surface area contributed by atoms with Gasteiger partial charge < -0.3 is 10.2 Å². The first-order chi connectivity index (χ1) is 11.6. The second kappa shape index (κ2) is 7.66. The molecule has 1 N–H and O–H groups in total. The van der Waals surface area contributed by atoms with E-state index in [9.17, 15) is 9.59 Å². The van der Waals surface area contributed by atoms with Crippen LogP contribution in [0.15, 0.2) is 34.4 Å². The summed E-state index contributed by atoms with van der Waals surface area (Å²) in [5, 5.41) is 4.63. The molecule has 3 rings (SSSR count). The lowest BCUT2D eigenvalue weighted by molar-refractivity contribution is -0.116. The summed E-state index contributed by atoms with van der Waals surface area (Å²) in [6.45, 7) is 4.10. The van der Waals surface area contributed by atoms with Gasteiger partial charge in [0.15, 0.2) is 0 Å². The second-order valence-electron chi connectivity index (χ2n) is 6.23. The molecule has 1 aromatic heterocycles. The third kappa shape index (κ3) is 4.06. The minimum absolute atomic E-state index is 0.0576. The van der Waals surface area contributed by atoms with E-state index < -0.39 is 0 Å². The smallest absolute Gasteiger partial charge is 0.307 e. The van der Waals surface area contributed by atoms with Gasteiger partial charge in [0.2, 0.25) is 5.91 Å². The topological polar surface area (TPSA) is 54.3 Å². The summed E-state index contributed by atoms with van der Waals surface area (Å²) in [5.41, 5.74) is 2.79. The van der Waals surface area contributed by atoms with Gasteiger partial charge in [-0.15, -0.1) is 0 Å². The Morgan fingerprint density at radius 1 is 1.12 bits per heavy atom. The molecule has 0 atom stereocenters. The van der Waals surface area contributed by atoms with Crippen LogP contribution >= 0.6 is 11.3 Å². The number of carbonyl (C=O) groups is 1. The predicted molar refractivity (Wildman–Crippen MR) is 99.1 cm³/mol. The summed E-state index contributed by atoms with van der Waals surface area (Å²) >= 11 is 1.12. The molecule has 1 saturated heterocycles. The number of aromatic nitrogens is 1. The summed E-state index contributed by atoms with van der Waals surface area (Å²) in [4.78, 5) is 26.1. The van der Waals surface area contributed by atoms with E-state index in [0.717, 1.165) is 35.8 Å². The molecule has 0 aliphatic carbocycles. The van der Waals surface area contributed by atoms with E-state index in [4.69, 9.17) is 0 Å². The van der Waals surface area contributed by atoms with E-state index in [1.165, 1.54) is 35.9 Å². The summed E-state index contributed by atoms with van der Waals surface area (Å²) in [6.07, 6.45) is 5.11. The van der Waals surface area contributed by atoms with E-state index in [0.29, 0.717) is 0 Å². The average molecular weight is 345 g/mol. The molecule has 128 valence electrons. The Balaban J connectivity index is 1.61. The predicted octanol–water partition coefficient (Wildman–Crippen LogP) is 3.24. The van der Waals surface area contributed by atoms with E-state index in [1.807, 2.05) is 19.1 Å². The van der Waals surface area contributed by atoms with Gasteiger partial charge >= 0.3 is 4.87 Å². The van der Waals surface area contributed by atoms with Crippen LogP contribution in [0.1, 0.15) is 31.4 Å². The highest BCUT2D eigenvalue weighted by atomic mass is 32.1.